The predicted molar refractivity (Wildman–Crippen MR) is 115 cm³/mol. The molecule has 0 saturated carbocycles. The number of aromatic nitrogens is 3. The van der Waals surface area contributed by atoms with Crippen molar-refractivity contribution in [3.8, 4) is 11.3 Å². The van der Waals surface area contributed by atoms with Crippen LogP contribution in [0.15, 0.2) is 63.5 Å². The number of rotatable bonds is 8. The van der Waals surface area contributed by atoms with Gasteiger partial charge in [0, 0.05) is 24.7 Å². The van der Waals surface area contributed by atoms with Crippen LogP contribution in [0.2, 0.25) is 0 Å². The first-order valence-electron chi connectivity index (χ1n) is 9.27. The van der Waals surface area contributed by atoms with Crippen LogP contribution in [-0.4, -0.2) is 21.1 Å². The number of anilines is 1. The summed E-state index contributed by atoms with van der Waals surface area (Å²) in [7, 11) is 0. The van der Waals surface area contributed by atoms with Crippen molar-refractivity contribution in [1.29, 1.82) is 0 Å². The van der Waals surface area contributed by atoms with Crippen molar-refractivity contribution in [2.75, 3.05) is 5.32 Å². The van der Waals surface area contributed by atoms with E-state index in [9.17, 15) is 13.6 Å². The first kappa shape index (κ1) is 21.1. The molecule has 0 aliphatic carbocycles. The molecule has 2 aromatic heterocycles. The minimum atomic E-state index is -0.738. The average Bonchev–Trinajstić information content (AvgIpc) is 3.41. The van der Waals surface area contributed by atoms with Gasteiger partial charge >= 0.3 is 0 Å². The van der Waals surface area contributed by atoms with Crippen LogP contribution < -0.4 is 5.32 Å². The predicted octanol–water partition coefficient (Wildman–Crippen LogP) is 5.33. The Bertz CT molecular complexity index is 1180. The van der Waals surface area contributed by atoms with Gasteiger partial charge < -0.3 is 9.73 Å². The average molecular weight is 459 g/mol. The van der Waals surface area contributed by atoms with Crippen LogP contribution in [0.5, 0.6) is 0 Å². The Kier molecular flexibility index (Phi) is 6.68. The van der Waals surface area contributed by atoms with Crippen LogP contribution in [0.3, 0.4) is 0 Å². The normalized spacial score (nSPS) is 10.9. The van der Waals surface area contributed by atoms with Crippen LogP contribution in [0.25, 0.3) is 11.3 Å². The lowest BCUT2D eigenvalue weighted by Gasteiger charge is -2.00. The van der Waals surface area contributed by atoms with Gasteiger partial charge in [-0.2, -0.15) is 0 Å². The highest BCUT2D eigenvalue weighted by Gasteiger charge is 2.14. The van der Waals surface area contributed by atoms with Gasteiger partial charge in [0.2, 0.25) is 11.0 Å². The highest BCUT2D eigenvalue weighted by Crippen LogP contribution is 2.28. The Morgan fingerprint density at radius 3 is 2.77 bits per heavy atom. The summed E-state index contributed by atoms with van der Waals surface area (Å²) in [5, 5.41) is 11.2. The number of nitrogens with zero attached hydrogens (tertiary/aromatic N) is 3. The lowest BCUT2D eigenvalue weighted by molar-refractivity contribution is -0.116. The van der Waals surface area contributed by atoms with E-state index in [4.69, 9.17) is 4.42 Å². The van der Waals surface area contributed by atoms with Crippen LogP contribution in [0, 0.1) is 11.6 Å². The monoisotopic (exact) mass is 458 g/mol. The van der Waals surface area contributed by atoms with Crippen molar-refractivity contribution < 1.29 is 18.0 Å². The Morgan fingerprint density at radius 2 is 1.97 bits per heavy atom. The first-order chi connectivity index (χ1) is 15.1. The lowest BCUT2D eigenvalue weighted by atomic mass is 10.2. The van der Waals surface area contributed by atoms with Gasteiger partial charge in [0.25, 0.3) is 0 Å². The van der Waals surface area contributed by atoms with Crippen molar-refractivity contribution in [3.05, 3.63) is 77.8 Å². The molecule has 4 aromatic rings. The number of carbonyl (C=O) groups excluding carboxylic acids is 1. The lowest BCUT2D eigenvalue weighted by Crippen LogP contribution is -2.12. The molecule has 2 heterocycles. The van der Waals surface area contributed by atoms with Gasteiger partial charge in [-0.1, -0.05) is 53.4 Å². The number of oxazole rings is 1. The summed E-state index contributed by atoms with van der Waals surface area (Å²) in [6.45, 7) is 0. The van der Waals surface area contributed by atoms with Gasteiger partial charge in [-0.05, 0) is 17.7 Å². The summed E-state index contributed by atoms with van der Waals surface area (Å²) >= 11 is 2.85. The molecule has 0 bridgehead atoms. The molecule has 2 aromatic carbocycles. The summed E-state index contributed by atoms with van der Waals surface area (Å²) in [5.74, 6) is -0.440. The molecule has 0 aliphatic rings. The molecule has 1 amide bonds. The van der Waals surface area contributed by atoms with Crippen LogP contribution >= 0.6 is 23.1 Å². The summed E-state index contributed by atoms with van der Waals surface area (Å²) in [6.07, 6.45) is 1.69. The van der Waals surface area contributed by atoms with E-state index in [1.807, 2.05) is 30.3 Å². The Labute approximate surface area is 184 Å². The quantitative estimate of drug-likeness (QED) is 0.284. The maximum atomic E-state index is 13.8. The van der Waals surface area contributed by atoms with Crippen molar-refractivity contribution in [3.63, 3.8) is 0 Å². The van der Waals surface area contributed by atoms with Crippen molar-refractivity contribution in [2.45, 2.75) is 22.9 Å². The number of benzene rings is 2. The third-order valence-electron chi connectivity index (χ3n) is 4.17. The molecule has 0 saturated heterocycles. The summed E-state index contributed by atoms with van der Waals surface area (Å²) < 4.78 is 33.1. The zero-order valence-corrected chi connectivity index (χ0v) is 17.7. The first-order valence-corrected chi connectivity index (χ1v) is 11.1. The van der Waals surface area contributed by atoms with E-state index in [1.165, 1.54) is 29.2 Å². The van der Waals surface area contributed by atoms with E-state index in [-0.39, 0.29) is 36.0 Å². The number of hydrogen-bond donors (Lipinski definition) is 1. The third-order valence-corrected chi connectivity index (χ3v) is 6.22. The van der Waals surface area contributed by atoms with Gasteiger partial charge in [-0.25, -0.2) is 13.8 Å². The largest absolute Gasteiger partial charge is 0.441 e. The molecule has 158 valence electrons. The number of halogens is 2. The van der Waals surface area contributed by atoms with E-state index in [2.05, 4.69) is 20.5 Å². The topological polar surface area (TPSA) is 80.9 Å². The van der Waals surface area contributed by atoms with Crippen LogP contribution in [0.1, 0.15) is 17.9 Å². The molecule has 0 radical (unpaired) electrons. The van der Waals surface area contributed by atoms with Gasteiger partial charge in [0.05, 0.1) is 11.8 Å². The Hall–Kier alpha value is -3.11. The number of aryl methyl sites for hydroxylation is 1. The van der Waals surface area contributed by atoms with Gasteiger partial charge in [-0.15, -0.1) is 10.2 Å². The second-order valence-electron chi connectivity index (χ2n) is 6.44. The molecule has 6 nitrogen and oxygen atoms in total. The highest BCUT2D eigenvalue weighted by molar-refractivity contribution is 8.00. The van der Waals surface area contributed by atoms with E-state index < -0.39 is 11.6 Å². The fraction of sp³-hybridized carbons (Fsp3) is 0.143. The summed E-state index contributed by atoms with van der Waals surface area (Å²) in [6, 6.07) is 13.2. The second-order valence-corrected chi connectivity index (χ2v) is 8.64. The van der Waals surface area contributed by atoms with E-state index in [1.54, 1.807) is 11.8 Å². The SMILES string of the molecule is O=C(CCc1ncc(-c2ccc(F)cc2F)o1)Nc1nnc(SCc2ccccc2)s1. The summed E-state index contributed by atoms with van der Waals surface area (Å²) in [5.41, 5.74) is 1.29. The number of amides is 1. The molecule has 31 heavy (non-hydrogen) atoms. The maximum absolute atomic E-state index is 13.8. The molecule has 1 N–H and O–H groups in total. The Morgan fingerprint density at radius 1 is 1.13 bits per heavy atom. The number of nitrogens with one attached hydrogen (secondary N) is 1. The molecule has 0 aliphatic heterocycles. The van der Waals surface area contributed by atoms with Crippen molar-refractivity contribution in [1.82, 2.24) is 15.2 Å². The molecule has 0 spiro atoms. The van der Waals surface area contributed by atoms with E-state index in [0.717, 1.165) is 22.2 Å². The number of carbonyl (C=O) groups is 1. The Balaban J connectivity index is 1.27. The molecule has 0 atom stereocenters. The van der Waals surface area contributed by atoms with E-state index in [0.29, 0.717) is 5.13 Å². The molecular formula is C21H16F2N4O2S2. The second kappa shape index (κ2) is 9.80. The minimum Gasteiger partial charge on any atom is -0.441 e. The molecular weight excluding hydrogens is 442 g/mol. The fourth-order valence-corrected chi connectivity index (χ4v) is 4.40. The fourth-order valence-electron chi connectivity index (χ4n) is 2.68. The zero-order chi connectivity index (χ0) is 21.6. The number of hydrogen-bond acceptors (Lipinski definition) is 7. The summed E-state index contributed by atoms with van der Waals surface area (Å²) in [4.78, 5) is 16.2. The van der Waals surface area contributed by atoms with Gasteiger partial charge in [0.1, 0.15) is 11.6 Å². The van der Waals surface area contributed by atoms with Gasteiger partial charge in [0.15, 0.2) is 16.0 Å². The van der Waals surface area contributed by atoms with E-state index >= 15 is 0 Å². The van der Waals surface area contributed by atoms with Crippen molar-refractivity contribution >= 4 is 34.1 Å². The maximum Gasteiger partial charge on any atom is 0.226 e. The van der Waals surface area contributed by atoms with Gasteiger partial charge in [-0.3, -0.25) is 4.79 Å². The van der Waals surface area contributed by atoms with Crippen LogP contribution in [0.4, 0.5) is 13.9 Å². The molecule has 10 heteroatoms. The zero-order valence-electron chi connectivity index (χ0n) is 16.0. The third kappa shape index (κ3) is 5.74. The van der Waals surface area contributed by atoms with Crippen molar-refractivity contribution in [2.24, 2.45) is 0 Å². The number of thioether (sulfide) groups is 1. The molecule has 0 fully saturated rings. The minimum absolute atomic E-state index is 0.109. The van der Waals surface area contributed by atoms with Crippen LogP contribution in [-0.2, 0) is 17.0 Å². The highest BCUT2D eigenvalue weighted by atomic mass is 32.2. The molecule has 0 unspecified atom stereocenters. The smallest absolute Gasteiger partial charge is 0.226 e. The molecule has 4 rings (SSSR count). The standard InChI is InChI=1S/C21H16F2N4O2S2/c22-14-6-7-15(16(23)10-14)17-11-24-19(29-17)9-8-18(28)25-20-26-27-21(31-20)30-12-13-4-2-1-3-5-13/h1-7,10-11H,8-9,12H2,(H,25,26,28).